The molecule has 1 unspecified atom stereocenters. The zero-order chi connectivity index (χ0) is 13.8. The van der Waals surface area contributed by atoms with Crippen LogP contribution >= 0.6 is 0 Å². The summed E-state index contributed by atoms with van der Waals surface area (Å²) in [5.74, 6) is -1.10. The van der Waals surface area contributed by atoms with Crippen molar-refractivity contribution >= 4 is 5.97 Å². The molecule has 0 aliphatic carbocycles. The number of rotatable bonds is 6. The predicted octanol–water partition coefficient (Wildman–Crippen LogP) is 2.87. The molecule has 1 atom stereocenters. The summed E-state index contributed by atoms with van der Waals surface area (Å²) in [7, 11) is 0. The molecule has 1 aromatic carbocycles. The van der Waals surface area contributed by atoms with Crippen molar-refractivity contribution < 1.29 is 14.3 Å². The van der Waals surface area contributed by atoms with Gasteiger partial charge in [-0.2, -0.15) is 0 Å². The Labute approximate surface area is 107 Å². The van der Waals surface area contributed by atoms with Crippen LogP contribution in [0.4, 0.5) is 4.39 Å². The van der Waals surface area contributed by atoms with Crippen molar-refractivity contribution in [3.8, 4) is 0 Å². The van der Waals surface area contributed by atoms with Crippen LogP contribution in [0.1, 0.15) is 37.8 Å². The van der Waals surface area contributed by atoms with Gasteiger partial charge < -0.3 is 5.11 Å². The largest absolute Gasteiger partial charge is 0.480 e. The monoisotopic (exact) mass is 253 g/mol. The van der Waals surface area contributed by atoms with Crippen LogP contribution in [0.3, 0.4) is 0 Å². The Hall–Kier alpha value is -1.42. The molecule has 18 heavy (non-hydrogen) atoms. The Morgan fingerprint density at radius 1 is 1.50 bits per heavy atom. The van der Waals surface area contributed by atoms with Crippen LogP contribution in [0.2, 0.25) is 0 Å². The number of benzene rings is 1. The molecular formula is C14H20FNO2. The van der Waals surface area contributed by atoms with Crippen LogP contribution in [0.15, 0.2) is 18.2 Å². The van der Waals surface area contributed by atoms with E-state index in [1.807, 2.05) is 6.92 Å². The Morgan fingerprint density at radius 3 is 2.67 bits per heavy atom. The van der Waals surface area contributed by atoms with E-state index in [9.17, 15) is 14.3 Å². The maximum Gasteiger partial charge on any atom is 0.323 e. The van der Waals surface area contributed by atoms with Crippen LogP contribution < -0.4 is 5.32 Å². The molecule has 0 heterocycles. The minimum Gasteiger partial charge on any atom is -0.480 e. The normalized spacial score (nSPS) is 14.2. The molecule has 0 aliphatic heterocycles. The minimum atomic E-state index is -0.933. The standard InChI is InChI=1S/C14H20FNO2/c1-4-7-14(3,13(17)18)16-9-11-5-6-12(15)10(2)8-11/h5-6,8,16H,4,7,9H2,1-3H3,(H,17,18). The first-order valence-corrected chi connectivity index (χ1v) is 6.12. The fourth-order valence-corrected chi connectivity index (χ4v) is 1.88. The van der Waals surface area contributed by atoms with Gasteiger partial charge in [0.25, 0.3) is 0 Å². The Kier molecular flexibility index (Phi) is 4.84. The summed E-state index contributed by atoms with van der Waals surface area (Å²) in [6.07, 6.45) is 1.35. The topological polar surface area (TPSA) is 49.3 Å². The highest BCUT2D eigenvalue weighted by atomic mass is 19.1. The number of carboxylic acids is 1. The van der Waals surface area contributed by atoms with Gasteiger partial charge >= 0.3 is 5.97 Å². The van der Waals surface area contributed by atoms with E-state index < -0.39 is 11.5 Å². The van der Waals surface area contributed by atoms with Gasteiger partial charge in [-0.15, -0.1) is 0 Å². The lowest BCUT2D eigenvalue weighted by Gasteiger charge is -2.26. The molecule has 0 saturated carbocycles. The second-order valence-corrected chi connectivity index (χ2v) is 4.82. The molecule has 0 aliphatic rings. The van der Waals surface area contributed by atoms with E-state index in [0.717, 1.165) is 12.0 Å². The van der Waals surface area contributed by atoms with Gasteiger partial charge in [0.1, 0.15) is 11.4 Å². The zero-order valence-electron chi connectivity index (χ0n) is 11.1. The lowest BCUT2D eigenvalue weighted by Crippen LogP contribution is -2.48. The highest BCUT2D eigenvalue weighted by Gasteiger charge is 2.31. The fourth-order valence-electron chi connectivity index (χ4n) is 1.88. The first-order valence-electron chi connectivity index (χ1n) is 6.12. The maximum absolute atomic E-state index is 13.1. The zero-order valence-corrected chi connectivity index (χ0v) is 11.1. The summed E-state index contributed by atoms with van der Waals surface area (Å²) < 4.78 is 13.1. The van der Waals surface area contributed by atoms with E-state index in [2.05, 4.69) is 5.32 Å². The van der Waals surface area contributed by atoms with E-state index in [1.54, 1.807) is 26.0 Å². The number of hydrogen-bond donors (Lipinski definition) is 2. The lowest BCUT2D eigenvalue weighted by molar-refractivity contribution is -0.144. The van der Waals surface area contributed by atoms with Crippen molar-refractivity contribution in [2.45, 2.75) is 45.7 Å². The number of carbonyl (C=O) groups is 1. The van der Waals surface area contributed by atoms with Crippen LogP contribution in [-0.4, -0.2) is 16.6 Å². The van der Waals surface area contributed by atoms with E-state index >= 15 is 0 Å². The number of nitrogens with one attached hydrogen (secondary N) is 1. The number of aliphatic carboxylic acids is 1. The third-order valence-corrected chi connectivity index (χ3v) is 3.13. The number of aryl methyl sites for hydroxylation is 1. The van der Waals surface area contributed by atoms with Crippen molar-refractivity contribution in [1.82, 2.24) is 5.32 Å². The molecule has 0 aromatic heterocycles. The predicted molar refractivity (Wildman–Crippen MR) is 68.9 cm³/mol. The molecule has 1 aromatic rings. The van der Waals surface area contributed by atoms with Crippen molar-refractivity contribution in [3.05, 3.63) is 35.1 Å². The lowest BCUT2D eigenvalue weighted by atomic mass is 9.96. The molecule has 0 saturated heterocycles. The summed E-state index contributed by atoms with van der Waals surface area (Å²) in [6.45, 7) is 5.74. The van der Waals surface area contributed by atoms with Crippen molar-refractivity contribution in [3.63, 3.8) is 0 Å². The summed E-state index contributed by atoms with van der Waals surface area (Å²) in [5.41, 5.74) is 0.524. The Morgan fingerprint density at radius 2 is 2.17 bits per heavy atom. The summed E-state index contributed by atoms with van der Waals surface area (Å²) in [4.78, 5) is 11.2. The van der Waals surface area contributed by atoms with Crippen LogP contribution in [-0.2, 0) is 11.3 Å². The molecule has 100 valence electrons. The number of hydrogen-bond acceptors (Lipinski definition) is 2. The molecule has 1 rings (SSSR count). The summed E-state index contributed by atoms with van der Waals surface area (Å²) >= 11 is 0. The first kappa shape index (κ1) is 14.6. The smallest absolute Gasteiger partial charge is 0.323 e. The second-order valence-electron chi connectivity index (χ2n) is 4.82. The highest BCUT2D eigenvalue weighted by molar-refractivity contribution is 5.78. The number of carboxylic acid groups (broad SMARTS) is 1. The van der Waals surface area contributed by atoms with E-state index in [0.29, 0.717) is 18.5 Å². The molecular weight excluding hydrogens is 233 g/mol. The molecule has 3 nitrogen and oxygen atoms in total. The van der Waals surface area contributed by atoms with Crippen LogP contribution in [0.5, 0.6) is 0 Å². The van der Waals surface area contributed by atoms with Gasteiger partial charge in [0.15, 0.2) is 0 Å². The minimum absolute atomic E-state index is 0.242. The fraction of sp³-hybridized carbons (Fsp3) is 0.500. The van der Waals surface area contributed by atoms with Crippen LogP contribution in [0, 0.1) is 12.7 Å². The third-order valence-electron chi connectivity index (χ3n) is 3.13. The Bertz CT molecular complexity index is 434. The van der Waals surface area contributed by atoms with E-state index in [1.165, 1.54) is 6.07 Å². The second kappa shape index (κ2) is 5.96. The van der Waals surface area contributed by atoms with Gasteiger partial charge in [-0.1, -0.05) is 25.5 Å². The number of halogens is 1. The average molecular weight is 253 g/mol. The van der Waals surface area contributed by atoms with E-state index in [-0.39, 0.29) is 5.82 Å². The molecule has 0 spiro atoms. The first-order chi connectivity index (χ1) is 8.39. The highest BCUT2D eigenvalue weighted by Crippen LogP contribution is 2.15. The van der Waals surface area contributed by atoms with Gasteiger partial charge in [-0.3, -0.25) is 10.1 Å². The summed E-state index contributed by atoms with van der Waals surface area (Å²) in [5, 5.41) is 12.3. The van der Waals surface area contributed by atoms with Gasteiger partial charge in [-0.25, -0.2) is 4.39 Å². The van der Waals surface area contributed by atoms with Gasteiger partial charge in [0.2, 0.25) is 0 Å². The molecule has 0 fully saturated rings. The van der Waals surface area contributed by atoms with Gasteiger partial charge in [0, 0.05) is 6.54 Å². The van der Waals surface area contributed by atoms with Gasteiger partial charge in [0.05, 0.1) is 0 Å². The molecule has 0 amide bonds. The molecule has 4 heteroatoms. The van der Waals surface area contributed by atoms with Crippen molar-refractivity contribution in [2.24, 2.45) is 0 Å². The van der Waals surface area contributed by atoms with Crippen molar-refractivity contribution in [1.29, 1.82) is 0 Å². The quantitative estimate of drug-likeness (QED) is 0.819. The van der Waals surface area contributed by atoms with E-state index in [4.69, 9.17) is 0 Å². The average Bonchev–Trinajstić information content (AvgIpc) is 2.31. The van der Waals surface area contributed by atoms with Gasteiger partial charge in [-0.05, 0) is 37.5 Å². The van der Waals surface area contributed by atoms with Crippen LogP contribution in [0.25, 0.3) is 0 Å². The molecule has 0 radical (unpaired) electrons. The summed E-state index contributed by atoms with van der Waals surface area (Å²) in [6, 6.07) is 4.81. The molecule has 0 bridgehead atoms. The van der Waals surface area contributed by atoms with Crippen molar-refractivity contribution in [2.75, 3.05) is 0 Å². The molecule has 2 N–H and O–H groups in total. The SMILES string of the molecule is CCCC(C)(NCc1ccc(F)c(C)c1)C(=O)O. The maximum atomic E-state index is 13.1. The third kappa shape index (κ3) is 3.53. The Balaban J connectivity index is 2.73.